The molecule has 1 aliphatic rings. The molecule has 1 aromatic carbocycles. The Labute approximate surface area is 185 Å². The van der Waals surface area contributed by atoms with Crippen LogP contribution in [0.1, 0.15) is 31.2 Å². The number of unbranched alkanes of at least 4 members (excludes halogenated alkanes) is 1. The number of rotatable bonds is 9. The lowest BCUT2D eigenvalue weighted by Crippen LogP contribution is -2.44. The van der Waals surface area contributed by atoms with Gasteiger partial charge in [-0.3, -0.25) is 9.89 Å². The molecule has 2 heterocycles. The maximum Gasteiger partial charge on any atom is 0.191 e. The zero-order valence-electron chi connectivity index (χ0n) is 16.6. The molecule has 0 saturated carbocycles. The fraction of sp³-hybridized carbons (Fsp3) is 0.550. The van der Waals surface area contributed by atoms with E-state index in [2.05, 4.69) is 61.1 Å². The van der Waals surface area contributed by atoms with E-state index in [-0.39, 0.29) is 24.0 Å². The molecule has 8 heteroatoms. The van der Waals surface area contributed by atoms with Gasteiger partial charge < -0.3 is 15.2 Å². The van der Waals surface area contributed by atoms with Gasteiger partial charge in [-0.1, -0.05) is 30.3 Å². The molecule has 0 radical (unpaired) electrons. The number of aryl methyl sites for hydroxylation is 1. The SMILES string of the molecule is CN=C(NCCCCn1cnnc1)NCC1CCCN1Cc1ccccc1.I. The van der Waals surface area contributed by atoms with Crippen molar-refractivity contribution in [2.45, 2.75) is 44.8 Å². The van der Waals surface area contributed by atoms with Gasteiger partial charge in [0, 0.05) is 39.3 Å². The van der Waals surface area contributed by atoms with E-state index < -0.39 is 0 Å². The first kappa shape index (κ1) is 22.6. The van der Waals surface area contributed by atoms with Crippen molar-refractivity contribution in [1.82, 2.24) is 30.3 Å². The van der Waals surface area contributed by atoms with Crippen molar-refractivity contribution < 1.29 is 0 Å². The predicted molar refractivity (Wildman–Crippen MR) is 124 cm³/mol. The molecule has 2 N–H and O–H groups in total. The molecule has 0 bridgehead atoms. The maximum atomic E-state index is 4.36. The molecule has 2 aromatic rings. The normalized spacial score (nSPS) is 17.3. The van der Waals surface area contributed by atoms with E-state index in [1.54, 1.807) is 12.7 Å². The van der Waals surface area contributed by atoms with Crippen LogP contribution in [0.15, 0.2) is 48.0 Å². The van der Waals surface area contributed by atoms with E-state index in [9.17, 15) is 0 Å². The molecule has 7 nitrogen and oxygen atoms in total. The summed E-state index contributed by atoms with van der Waals surface area (Å²) in [5.41, 5.74) is 1.39. The van der Waals surface area contributed by atoms with Gasteiger partial charge in [-0.15, -0.1) is 34.2 Å². The van der Waals surface area contributed by atoms with Gasteiger partial charge in [0.2, 0.25) is 0 Å². The molecule has 154 valence electrons. The molecule has 1 atom stereocenters. The zero-order chi connectivity index (χ0) is 18.7. The minimum atomic E-state index is 0. The summed E-state index contributed by atoms with van der Waals surface area (Å²) in [4.78, 5) is 6.93. The van der Waals surface area contributed by atoms with Crippen molar-refractivity contribution in [3.63, 3.8) is 0 Å². The topological polar surface area (TPSA) is 70.4 Å². The summed E-state index contributed by atoms with van der Waals surface area (Å²) in [7, 11) is 1.84. The Morgan fingerprint density at radius 1 is 1.14 bits per heavy atom. The van der Waals surface area contributed by atoms with Crippen LogP contribution < -0.4 is 10.6 Å². The monoisotopic (exact) mass is 497 g/mol. The van der Waals surface area contributed by atoms with Crippen LogP contribution in [0.4, 0.5) is 0 Å². The van der Waals surface area contributed by atoms with Crippen molar-refractivity contribution in [2.24, 2.45) is 4.99 Å². The van der Waals surface area contributed by atoms with Crippen molar-refractivity contribution in [3.8, 4) is 0 Å². The third-order valence-electron chi connectivity index (χ3n) is 5.06. The Kier molecular flexibility index (Phi) is 10.3. The lowest BCUT2D eigenvalue weighted by molar-refractivity contribution is 0.245. The molecule has 0 spiro atoms. The Balaban J connectivity index is 0.00000280. The van der Waals surface area contributed by atoms with Crippen LogP contribution in [0, 0.1) is 0 Å². The molecular formula is C20H32IN7. The van der Waals surface area contributed by atoms with Crippen LogP contribution >= 0.6 is 24.0 Å². The number of nitrogens with zero attached hydrogens (tertiary/aromatic N) is 5. The first-order valence-corrected chi connectivity index (χ1v) is 9.90. The highest BCUT2D eigenvalue weighted by molar-refractivity contribution is 14.0. The van der Waals surface area contributed by atoms with Gasteiger partial charge >= 0.3 is 0 Å². The van der Waals surface area contributed by atoms with Crippen molar-refractivity contribution in [2.75, 3.05) is 26.7 Å². The molecule has 1 unspecified atom stereocenters. The second-order valence-electron chi connectivity index (χ2n) is 7.04. The molecule has 0 amide bonds. The standard InChI is InChI=1S/C20H31N7.HI/c1-21-20(22-11-5-6-12-26-16-24-25-17-26)23-14-19-10-7-13-27(19)15-18-8-3-2-4-9-18;/h2-4,8-9,16-17,19H,5-7,10-15H2,1H3,(H2,21,22,23);1H. The van der Waals surface area contributed by atoms with E-state index in [0.717, 1.165) is 45.0 Å². The van der Waals surface area contributed by atoms with Crippen LogP contribution in [-0.4, -0.2) is 58.3 Å². The van der Waals surface area contributed by atoms with Gasteiger partial charge in [0.05, 0.1) is 0 Å². The summed E-state index contributed by atoms with van der Waals surface area (Å²) < 4.78 is 2.01. The van der Waals surface area contributed by atoms with Crippen LogP contribution in [0.5, 0.6) is 0 Å². The van der Waals surface area contributed by atoms with Crippen molar-refractivity contribution in [1.29, 1.82) is 0 Å². The van der Waals surface area contributed by atoms with E-state index >= 15 is 0 Å². The van der Waals surface area contributed by atoms with E-state index in [0.29, 0.717) is 6.04 Å². The van der Waals surface area contributed by atoms with E-state index in [4.69, 9.17) is 0 Å². The molecular weight excluding hydrogens is 465 g/mol. The van der Waals surface area contributed by atoms with Gasteiger partial charge in [-0.2, -0.15) is 0 Å². The lowest BCUT2D eigenvalue weighted by Gasteiger charge is -2.25. The summed E-state index contributed by atoms with van der Waals surface area (Å²) in [5, 5.41) is 14.6. The molecule has 0 aliphatic carbocycles. The average molecular weight is 497 g/mol. The highest BCUT2D eigenvalue weighted by Crippen LogP contribution is 2.19. The third-order valence-corrected chi connectivity index (χ3v) is 5.06. The fourth-order valence-electron chi connectivity index (χ4n) is 3.55. The number of benzene rings is 1. The summed E-state index contributed by atoms with van der Waals surface area (Å²) in [5.74, 6) is 0.894. The smallest absolute Gasteiger partial charge is 0.191 e. The predicted octanol–water partition coefficient (Wildman–Crippen LogP) is 2.51. The van der Waals surface area contributed by atoms with E-state index in [1.165, 1.54) is 24.9 Å². The minimum Gasteiger partial charge on any atom is -0.356 e. The number of hydrogen-bond donors (Lipinski definition) is 2. The quantitative estimate of drug-likeness (QED) is 0.241. The molecule has 1 aromatic heterocycles. The number of halogens is 1. The van der Waals surface area contributed by atoms with Gasteiger partial charge in [0.15, 0.2) is 5.96 Å². The molecule has 1 fully saturated rings. The first-order valence-electron chi connectivity index (χ1n) is 9.90. The minimum absolute atomic E-state index is 0. The number of hydrogen-bond acceptors (Lipinski definition) is 4. The van der Waals surface area contributed by atoms with Crippen LogP contribution in [-0.2, 0) is 13.1 Å². The number of guanidine groups is 1. The highest BCUT2D eigenvalue weighted by Gasteiger charge is 2.24. The number of aliphatic imine (C=N–C) groups is 1. The van der Waals surface area contributed by atoms with Crippen LogP contribution in [0.2, 0.25) is 0 Å². The third kappa shape index (κ3) is 7.38. The second-order valence-corrected chi connectivity index (χ2v) is 7.04. The summed E-state index contributed by atoms with van der Waals surface area (Å²) >= 11 is 0. The Hall–Kier alpha value is -1.68. The highest BCUT2D eigenvalue weighted by atomic mass is 127. The van der Waals surface area contributed by atoms with Gasteiger partial charge in [0.1, 0.15) is 12.7 Å². The number of aromatic nitrogens is 3. The number of nitrogens with one attached hydrogen (secondary N) is 2. The van der Waals surface area contributed by atoms with Gasteiger partial charge in [0.25, 0.3) is 0 Å². The Morgan fingerprint density at radius 2 is 1.93 bits per heavy atom. The first-order chi connectivity index (χ1) is 13.3. The molecule has 3 rings (SSSR count). The van der Waals surface area contributed by atoms with Gasteiger partial charge in [-0.05, 0) is 37.8 Å². The van der Waals surface area contributed by atoms with Crippen molar-refractivity contribution in [3.05, 3.63) is 48.5 Å². The fourth-order valence-corrected chi connectivity index (χ4v) is 3.55. The Bertz CT molecular complexity index is 675. The zero-order valence-corrected chi connectivity index (χ0v) is 19.0. The van der Waals surface area contributed by atoms with Crippen LogP contribution in [0.25, 0.3) is 0 Å². The van der Waals surface area contributed by atoms with Crippen LogP contribution in [0.3, 0.4) is 0 Å². The molecule has 28 heavy (non-hydrogen) atoms. The van der Waals surface area contributed by atoms with E-state index in [1.807, 2.05) is 11.6 Å². The Morgan fingerprint density at radius 3 is 2.68 bits per heavy atom. The average Bonchev–Trinajstić information content (AvgIpc) is 3.37. The largest absolute Gasteiger partial charge is 0.356 e. The molecule has 1 aliphatic heterocycles. The van der Waals surface area contributed by atoms with Gasteiger partial charge in [-0.25, -0.2) is 0 Å². The summed E-state index contributed by atoms with van der Waals surface area (Å²) in [6.45, 7) is 5.02. The number of likely N-dealkylation sites (tertiary alicyclic amines) is 1. The summed E-state index contributed by atoms with van der Waals surface area (Å²) in [6, 6.07) is 11.3. The molecule has 1 saturated heterocycles. The second kappa shape index (κ2) is 12.7. The van der Waals surface area contributed by atoms with Crippen molar-refractivity contribution >= 4 is 29.9 Å². The maximum absolute atomic E-state index is 4.36. The summed E-state index contributed by atoms with van der Waals surface area (Å²) in [6.07, 6.45) is 8.22. The lowest BCUT2D eigenvalue weighted by atomic mass is 10.2.